The van der Waals surface area contributed by atoms with Gasteiger partial charge in [0.05, 0.1) is 18.6 Å². The molecule has 0 saturated carbocycles. The van der Waals surface area contributed by atoms with Gasteiger partial charge in [-0.15, -0.1) is 0 Å². The number of thiocarbonyl (C=S) groups is 1. The van der Waals surface area contributed by atoms with Crippen molar-refractivity contribution in [3.8, 4) is 0 Å². The van der Waals surface area contributed by atoms with Crippen LogP contribution >= 0.6 is 24.0 Å². The van der Waals surface area contributed by atoms with Gasteiger partial charge in [-0.2, -0.15) is 0 Å². The first kappa shape index (κ1) is 28.5. The third-order valence-electron chi connectivity index (χ3n) is 6.90. The highest BCUT2D eigenvalue weighted by Gasteiger charge is 2.37. The summed E-state index contributed by atoms with van der Waals surface area (Å²) in [5.74, 6) is 0.788. The number of thioether (sulfide) groups is 1. The first-order valence-corrected chi connectivity index (χ1v) is 16.7. The van der Waals surface area contributed by atoms with Crippen LogP contribution < -0.4 is 0 Å². The predicted octanol–water partition coefficient (Wildman–Crippen LogP) is 6.57. The van der Waals surface area contributed by atoms with E-state index in [0.717, 1.165) is 50.9 Å². The summed E-state index contributed by atoms with van der Waals surface area (Å²) in [6.45, 7) is 12.3. The molecule has 186 valence electrons. The predicted molar refractivity (Wildman–Crippen MR) is 147 cm³/mol. The maximum absolute atomic E-state index is 12.9. The Morgan fingerprint density at radius 1 is 1.18 bits per heavy atom. The number of aliphatic hydroxyl groups excluding tert-OH is 1. The first-order valence-electron chi connectivity index (χ1n) is 12.4. The zero-order chi connectivity index (χ0) is 24.5. The number of hydrogen-bond acceptors (Lipinski definition) is 5. The SMILES string of the molecule is CC(C)(C)[Si](C)(C)OCCCCCCC[C@H](O)CC(=O)N1C(=S)SC[C@@H]1Cc1ccccc1. The summed E-state index contributed by atoms with van der Waals surface area (Å²) in [4.78, 5) is 14.6. The van der Waals surface area contributed by atoms with E-state index in [2.05, 4.69) is 46.0 Å². The van der Waals surface area contributed by atoms with Gasteiger partial charge in [-0.25, -0.2) is 0 Å². The van der Waals surface area contributed by atoms with Crippen LogP contribution in [0.4, 0.5) is 0 Å². The van der Waals surface area contributed by atoms with E-state index < -0.39 is 14.4 Å². The number of unbranched alkanes of at least 4 members (excludes halogenated alkanes) is 4. The van der Waals surface area contributed by atoms with Crippen LogP contribution in [0.5, 0.6) is 0 Å². The lowest BCUT2D eigenvalue weighted by atomic mass is 10.0. The van der Waals surface area contributed by atoms with Gasteiger partial charge in [0.1, 0.15) is 4.32 Å². The molecular weight excluding hydrogens is 467 g/mol. The van der Waals surface area contributed by atoms with Crippen molar-refractivity contribution in [1.29, 1.82) is 0 Å². The second kappa shape index (κ2) is 13.4. The van der Waals surface area contributed by atoms with Crippen molar-refractivity contribution >= 4 is 42.5 Å². The number of carbonyl (C=O) groups is 1. The molecule has 4 nitrogen and oxygen atoms in total. The van der Waals surface area contributed by atoms with Gasteiger partial charge in [-0.1, -0.05) is 101 Å². The summed E-state index contributed by atoms with van der Waals surface area (Å²) < 4.78 is 6.88. The van der Waals surface area contributed by atoms with Crippen molar-refractivity contribution in [3.05, 3.63) is 35.9 Å². The molecule has 0 bridgehead atoms. The van der Waals surface area contributed by atoms with E-state index >= 15 is 0 Å². The maximum Gasteiger partial charge on any atom is 0.230 e. The lowest BCUT2D eigenvalue weighted by Gasteiger charge is -2.36. The minimum atomic E-state index is -1.63. The summed E-state index contributed by atoms with van der Waals surface area (Å²) in [6.07, 6.45) is 6.47. The Labute approximate surface area is 212 Å². The molecule has 1 amide bonds. The Kier molecular flexibility index (Phi) is 11.6. The molecule has 1 heterocycles. The lowest BCUT2D eigenvalue weighted by Crippen LogP contribution is -2.41. The highest BCUT2D eigenvalue weighted by atomic mass is 32.2. The van der Waals surface area contributed by atoms with E-state index in [1.54, 1.807) is 16.7 Å². The molecule has 0 unspecified atom stereocenters. The van der Waals surface area contributed by atoms with Gasteiger partial charge in [0.25, 0.3) is 0 Å². The Hall–Kier alpha value is -0.733. The average Bonchev–Trinajstić information content (AvgIpc) is 3.09. The Bertz CT molecular complexity index is 752. The lowest BCUT2D eigenvalue weighted by molar-refractivity contribution is -0.130. The average molecular weight is 510 g/mol. The summed E-state index contributed by atoms with van der Waals surface area (Å²) in [6, 6.07) is 10.3. The van der Waals surface area contributed by atoms with Gasteiger partial charge in [0, 0.05) is 12.4 Å². The number of benzene rings is 1. The van der Waals surface area contributed by atoms with E-state index in [4.69, 9.17) is 16.6 Å². The topological polar surface area (TPSA) is 49.8 Å². The van der Waals surface area contributed by atoms with Crippen LogP contribution in [0, 0.1) is 0 Å². The van der Waals surface area contributed by atoms with E-state index in [1.807, 2.05) is 18.2 Å². The molecule has 0 radical (unpaired) electrons. The Morgan fingerprint density at radius 2 is 1.82 bits per heavy atom. The van der Waals surface area contributed by atoms with Crippen molar-refractivity contribution in [2.45, 2.75) is 102 Å². The molecule has 1 N–H and O–H groups in total. The van der Waals surface area contributed by atoms with Gasteiger partial charge in [-0.3, -0.25) is 9.69 Å². The van der Waals surface area contributed by atoms with Gasteiger partial charge in [0.2, 0.25) is 5.91 Å². The van der Waals surface area contributed by atoms with E-state index in [-0.39, 0.29) is 23.4 Å². The molecule has 1 aromatic carbocycles. The summed E-state index contributed by atoms with van der Waals surface area (Å²) in [7, 11) is -1.63. The zero-order valence-corrected chi connectivity index (χ0v) is 23.8. The van der Waals surface area contributed by atoms with E-state index in [1.165, 1.54) is 5.56 Å². The molecule has 2 atom stereocenters. The molecule has 33 heavy (non-hydrogen) atoms. The minimum Gasteiger partial charge on any atom is -0.417 e. The highest BCUT2D eigenvalue weighted by Crippen LogP contribution is 2.36. The Balaban J connectivity index is 1.62. The van der Waals surface area contributed by atoms with Gasteiger partial charge < -0.3 is 9.53 Å². The highest BCUT2D eigenvalue weighted by molar-refractivity contribution is 8.23. The van der Waals surface area contributed by atoms with Crippen LogP contribution in [0.3, 0.4) is 0 Å². The third-order valence-corrected chi connectivity index (χ3v) is 13.0. The number of hydrogen-bond donors (Lipinski definition) is 1. The molecule has 2 rings (SSSR count). The fourth-order valence-corrected chi connectivity index (χ4v) is 6.30. The molecule has 1 aromatic rings. The molecule has 7 heteroatoms. The maximum atomic E-state index is 12.9. The fraction of sp³-hybridized carbons (Fsp3) is 0.692. The van der Waals surface area contributed by atoms with Crippen LogP contribution in [-0.4, -0.2) is 53.1 Å². The van der Waals surface area contributed by atoms with Crippen molar-refractivity contribution in [2.75, 3.05) is 12.4 Å². The van der Waals surface area contributed by atoms with Crippen LogP contribution in [0.25, 0.3) is 0 Å². The molecular formula is C26H43NO3S2Si. The number of amides is 1. The summed E-state index contributed by atoms with van der Waals surface area (Å²) in [5, 5.41) is 10.7. The molecule has 1 fully saturated rings. The van der Waals surface area contributed by atoms with Crippen molar-refractivity contribution in [2.24, 2.45) is 0 Å². The monoisotopic (exact) mass is 509 g/mol. The molecule has 0 aliphatic carbocycles. The quantitative estimate of drug-likeness (QED) is 0.185. The molecule has 1 aliphatic heterocycles. The zero-order valence-electron chi connectivity index (χ0n) is 21.1. The van der Waals surface area contributed by atoms with E-state index in [9.17, 15) is 9.90 Å². The largest absolute Gasteiger partial charge is 0.417 e. The number of carbonyl (C=O) groups excluding carboxylic acids is 1. The number of nitrogens with zero attached hydrogens (tertiary/aromatic N) is 1. The fourth-order valence-electron chi connectivity index (χ4n) is 3.76. The smallest absolute Gasteiger partial charge is 0.230 e. The van der Waals surface area contributed by atoms with Crippen LogP contribution in [-0.2, 0) is 15.6 Å². The first-order chi connectivity index (χ1) is 15.5. The number of aliphatic hydroxyl groups is 1. The van der Waals surface area contributed by atoms with Crippen LogP contribution in [0.1, 0.15) is 71.3 Å². The van der Waals surface area contributed by atoms with Gasteiger partial charge in [-0.05, 0) is 43.0 Å². The second-order valence-corrected chi connectivity index (χ2v) is 17.2. The molecule has 1 aliphatic rings. The molecule has 0 spiro atoms. The van der Waals surface area contributed by atoms with Gasteiger partial charge in [0.15, 0.2) is 8.32 Å². The van der Waals surface area contributed by atoms with Crippen molar-refractivity contribution < 1.29 is 14.3 Å². The summed E-state index contributed by atoms with van der Waals surface area (Å²) in [5.41, 5.74) is 1.21. The Morgan fingerprint density at radius 3 is 2.48 bits per heavy atom. The van der Waals surface area contributed by atoms with Gasteiger partial charge >= 0.3 is 0 Å². The summed E-state index contributed by atoms with van der Waals surface area (Å²) >= 11 is 7.01. The number of rotatable bonds is 13. The molecule has 0 aromatic heterocycles. The molecule has 1 saturated heterocycles. The standard InChI is InChI=1S/C26H43NO3S2Si/c1-26(2,3)33(4,5)30-17-13-8-6-7-12-16-23(28)19-24(29)27-22(20-32-25(27)31)18-21-14-10-9-11-15-21/h9-11,14-15,22-23,28H,6-8,12-13,16-20H2,1-5H3/t22-,23-/m0/s1. The van der Waals surface area contributed by atoms with Crippen molar-refractivity contribution in [1.82, 2.24) is 4.90 Å². The van der Waals surface area contributed by atoms with Crippen molar-refractivity contribution in [3.63, 3.8) is 0 Å². The van der Waals surface area contributed by atoms with Crippen LogP contribution in [0.15, 0.2) is 30.3 Å². The third kappa shape index (κ3) is 9.44. The minimum absolute atomic E-state index is 0.0405. The normalized spacial score (nSPS) is 18.1. The van der Waals surface area contributed by atoms with Crippen LogP contribution in [0.2, 0.25) is 18.1 Å². The second-order valence-electron chi connectivity index (χ2n) is 10.7. The van der Waals surface area contributed by atoms with E-state index in [0.29, 0.717) is 10.7 Å².